The number of nitrogens with zero attached hydrogens (tertiary/aromatic N) is 1. The van der Waals surface area contributed by atoms with Gasteiger partial charge >= 0.3 is 0 Å². The van der Waals surface area contributed by atoms with E-state index in [4.69, 9.17) is 9.47 Å². The molecule has 26 heavy (non-hydrogen) atoms. The number of aromatic nitrogens is 1. The molecule has 0 radical (unpaired) electrons. The van der Waals surface area contributed by atoms with Crippen LogP contribution in [0.4, 0.5) is 0 Å². The van der Waals surface area contributed by atoms with Crippen LogP contribution in [-0.4, -0.2) is 30.1 Å². The first-order chi connectivity index (χ1) is 12.5. The van der Waals surface area contributed by atoms with Crippen LogP contribution < -0.4 is 20.1 Å². The van der Waals surface area contributed by atoms with Gasteiger partial charge in [-0.05, 0) is 35.7 Å². The Morgan fingerprint density at radius 2 is 1.88 bits per heavy atom. The van der Waals surface area contributed by atoms with Crippen LogP contribution in [0.15, 0.2) is 36.5 Å². The van der Waals surface area contributed by atoms with Crippen LogP contribution in [0.1, 0.15) is 40.3 Å². The molecule has 0 unspecified atom stereocenters. The smallest absolute Gasteiger partial charge is 0.269 e. The monoisotopic (exact) mass is 355 g/mol. The molecule has 2 amide bonds. The fraction of sp³-hybridized carbons (Fsp3) is 0.316. The van der Waals surface area contributed by atoms with Crippen molar-refractivity contribution in [1.82, 2.24) is 15.6 Å². The number of hydrogen-bond donors (Lipinski definition) is 2. The summed E-state index contributed by atoms with van der Waals surface area (Å²) in [5.41, 5.74) is 1.50. The molecule has 0 atom stereocenters. The van der Waals surface area contributed by atoms with Crippen LogP contribution in [0.3, 0.4) is 0 Å². The topological polar surface area (TPSA) is 89.6 Å². The van der Waals surface area contributed by atoms with Crippen molar-refractivity contribution in [1.29, 1.82) is 0 Å². The van der Waals surface area contributed by atoms with E-state index in [0.29, 0.717) is 36.1 Å². The summed E-state index contributed by atoms with van der Waals surface area (Å²) >= 11 is 0. The first-order valence-electron chi connectivity index (χ1n) is 8.44. The highest BCUT2D eigenvalue weighted by Gasteiger charge is 2.15. The molecule has 1 aromatic heterocycles. The van der Waals surface area contributed by atoms with E-state index < -0.39 is 0 Å². The van der Waals surface area contributed by atoms with E-state index in [0.717, 1.165) is 5.56 Å². The second kappa shape index (κ2) is 7.86. The molecular formula is C19H21N3O4. The highest BCUT2D eigenvalue weighted by Crippen LogP contribution is 2.32. The van der Waals surface area contributed by atoms with Crippen LogP contribution in [0, 0.1) is 5.92 Å². The molecular weight excluding hydrogens is 334 g/mol. The number of hydrogen-bond acceptors (Lipinski definition) is 5. The number of carbonyl (C=O) groups is 2. The van der Waals surface area contributed by atoms with E-state index in [9.17, 15) is 9.59 Å². The second-order valence-electron chi connectivity index (χ2n) is 6.40. The normalized spacial score (nSPS) is 12.1. The average Bonchev–Trinajstić information content (AvgIpc) is 3.12. The summed E-state index contributed by atoms with van der Waals surface area (Å²) in [6.07, 6.45) is 1.46. The lowest BCUT2D eigenvalue weighted by molar-refractivity contribution is 0.0944. The summed E-state index contributed by atoms with van der Waals surface area (Å²) in [7, 11) is 0. The third-order valence-electron chi connectivity index (χ3n) is 3.82. The first kappa shape index (κ1) is 17.7. The molecule has 0 bridgehead atoms. The summed E-state index contributed by atoms with van der Waals surface area (Å²) in [5.74, 6) is 1.15. The average molecular weight is 355 g/mol. The van der Waals surface area contributed by atoms with Crippen molar-refractivity contribution in [3.8, 4) is 11.5 Å². The molecule has 1 aliphatic heterocycles. The Labute approximate surface area is 151 Å². The largest absolute Gasteiger partial charge is 0.454 e. The molecule has 0 aliphatic carbocycles. The highest BCUT2D eigenvalue weighted by molar-refractivity contribution is 5.98. The zero-order valence-corrected chi connectivity index (χ0v) is 14.7. The molecule has 0 saturated heterocycles. The van der Waals surface area contributed by atoms with Gasteiger partial charge in [0.15, 0.2) is 11.5 Å². The predicted molar refractivity (Wildman–Crippen MR) is 95.1 cm³/mol. The minimum atomic E-state index is -0.288. The van der Waals surface area contributed by atoms with Gasteiger partial charge in [0.05, 0.1) is 0 Å². The zero-order chi connectivity index (χ0) is 18.5. The summed E-state index contributed by atoms with van der Waals surface area (Å²) < 4.78 is 10.6. The standard InChI is InChI=1S/C19H21N3O4/c1-12(2)9-21-19(24)15-8-14(5-6-20-15)18(23)22-10-13-3-4-16-17(7-13)26-11-25-16/h3-8,12H,9-11H2,1-2H3,(H,21,24)(H,22,23). The molecule has 0 spiro atoms. The minimum absolute atomic E-state index is 0.212. The van der Waals surface area contributed by atoms with E-state index in [1.54, 1.807) is 6.07 Å². The van der Waals surface area contributed by atoms with E-state index >= 15 is 0 Å². The van der Waals surface area contributed by atoms with E-state index in [-0.39, 0.29) is 24.3 Å². The van der Waals surface area contributed by atoms with Gasteiger partial charge < -0.3 is 20.1 Å². The fourth-order valence-electron chi connectivity index (χ4n) is 2.42. The number of amides is 2. The van der Waals surface area contributed by atoms with Gasteiger partial charge in [0.2, 0.25) is 6.79 Å². The quantitative estimate of drug-likeness (QED) is 0.828. The molecule has 7 nitrogen and oxygen atoms in total. The van der Waals surface area contributed by atoms with Crippen molar-refractivity contribution in [2.75, 3.05) is 13.3 Å². The maximum Gasteiger partial charge on any atom is 0.269 e. The van der Waals surface area contributed by atoms with Crippen molar-refractivity contribution in [2.45, 2.75) is 20.4 Å². The van der Waals surface area contributed by atoms with Crippen molar-refractivity contribution in [3.63, 3.8) is 0 Å². The summed E-state index contributed by atoms with van der Waals surface area (Å²) in [6.45, 7) is 5.12. The Balaban J connectivity index is 1.61. The van der Waals surface area contributed by atoms with Gasteiger partial charge in [-0.25, -0.2) is 0 Å². The fourth-order valence-corrected chi connectivity index (χ4v) is 2.42. The van der Waals surface area contributed by atoms with Crippen LogP contribution in [0.25, 0.3) is 0 Å². The zero-order valence-electron chi connectivity index (χ0n) is 14.7. The number of fused-ring (bicyclic) bond motifs is 1. The van der Waals surface area contributed by atoms with Gasteiger partial charge in [0.25, 0.3) is 11.8 Å². The summed E-state index contributed by atoms with van der Waals surface area (Å²) in [6, 6.07) is 8.58. The van der Waals surface area contributed by atoms with Crippen LogP contribution >= 0.6 is 0 Å². The van der Waals surface area contributed by atoms with Gasteiger partial charge in [-0.15, -0.1) is 0 Å². The third kappa shape index (κ3) is 4.30. The van der Waals surface area contributed by atoms with E-state index in [2.05, 4.69) is 15.6 Å². The molecule has 136 valence electrons. The van der Waals surface area contributed by atoms with Gasteiger partial charge in [0, 0.05) is 24.8 Å². The highest BCUT2D eigenvalue weighted by atomic mass is 16.7. The van der Waals surface area contributed by atoms with Crippen LogP contribution in [0.5, 0.6) is 11.5 Å². The Kier molecular flexibility index (Phi) is 5.36. The summed E-state index contributed by atoms with van der Waals surface area (Å²) in [4.78, 5) is 28.5. The lowest BCUT2D eigenvalue weighted by Crippen LogP contribution is -2.29. The molecule has 2 aromatic rings. The minimum Gasteiger partial charge on any atom is -0.454 e. The predicted octanol–water partition coefficient (Wildman–Crippen LogP) is 2.13. The molecule has 1 aromatic carbocycles. The maximum atomic E-state index is 12.4. The van der Waals surface area contributed by atoms with Crippen molar-refractivity contribution in [3.05, 3.63) is 53.3 Å². The maximum absolute atomic E-state index is 12.4. The Morgan fingerprint density at radius 3 is 2.69 bits per heavy atom. The molecule has 7 heteroatoms. The Hall–Kier alpha value is -3.09. The van der Waals surface area contributed by atoms with E-state index in [1.807, 2.05) is 32.0 Å². The van der Waals surface area contributed by atoms with Gasteiger partial charge in [-0.3, -0.25) is 14.6 Å². The van der Waals surface area contributed by atoms with Gasteiger partial charge in [-0.2, -0.15) is 0 Å². The Morgan fingerprint density at radius 1 is 1.08 bits per heavy atom. The molecule has 3 rings (SSSR count). The third-order valence-corrected chi connectivity index (χ3v) is 3.82. The second-order valence-corrected chi connectivity index (χ2v) is 6.40. The molecule has 0 saturated carbocycles. The van der Waals surface area contributed by atoms with Gasteiger partial charge in [-0.1, -0.05) is 19.9 Å². The number of ether oxygens (including phenoxy) is 2. The lowest BCUT2D eigenvalue weighted by atomic mass is 10.1. The lowest BCUT2D eigenvalue weighted by Gasteiger charge is -2.09. The van der Waals surface area contributed by atoms with Crippen molar-refractivity contribution < 1.29 is 19.1 Å². The molecule has 2 heterocycles. The molecule has 0 fully saturated rings. The molecule has 2 N–H and O–H groups in total. The first-order valence-corrected chi connectivity index (χ1v) is 8.44. The Bertz CT molecular complexity index is 820. The van der Waals surface area contributed by atoms with E-state index in [1.165, 1.54) is 12.3 Å². The van der Waals surface area contributed by atoms with Crippen LogP contribution in [0.2, 0.25) is 0 Å². The number of nitrogens with one attached hydrogen (secondary N) is 2. The number of pyridine rings is 1. The van der Waals surface area contributed by atoms with Crippen molar-refractivity contribution >= 4 is 11.8 Å². The summed E-state index contributed by atoms with van der Waals surface area (Å²) in [5, 5.41) is 5.62. The van der Waals surface area contributed by atoms with Crippen LogP contribution in [-0.2, 0) is 6.54 Å². The number of benzene rings is 1. The number of carbonyl (C=O) groups excluding carboxylic acids is 2. The SMILES string of the molecule is CC(C)CNC(=O)c1cc(C(=O)NCc2ccc3c(c2)OCO3)ccn1. The number of rotatable bonds is 6. The van der Waals surface area contributed by atoms with Gasteiger partial charge in [0.1, 0.15) is 5.69 Å². The van der Waals surface area contributed by atoms with Crippen molar-refractivity contribution in [2.24, 2.45) is 5.92 Å². The molecule has 1 aliphatic rings.